The first kappa shape index (κ1) is 13.1. The molecular weight excluding hydrogens is 294 g/mol. The molecule has 1 N–H and O–H groups in total. The minimum atomic E-state index is 0.477. The summed E-state index contributed by atoms with van der Waals surface area (Å²) < 4.78 is 6.27. The van der Waals surface area contributed by atoms with Crippen molar-refractivity contribution in [1.82, 2.24) is 10.1 Å². The Balaban J connectivity index is 2.28. The summed E-state index contributed by atoms with van der Waals surface area (Å²) in [6.07, 6.45) is 1.02. The Morgan fingerprint density at radius 3 is 2.56 bits per heavy atom. The SMILES string of the molecule is CCCNc1nc(-c2cc(C)c(Br)c(C)c2)no1. The Bertz CT molecular complexity index is 528. The number of hydrogen-bond donors (Lipinski definition) is 1. The van der Waals surface area contributed by atoms with Crippen LogP contribution in [0, 0.1) is 13.8 Å². The summed E-state index contributed by atoms with van der Waals surface area (Å²) in [5.41, 5.74) is 3.30. The molecule has 1 heterocycles. The van der Waals surface area contributed by atoms with Crippen LogP contribution in [0.15, 0.2) is 21.1 Å². The second kappa shape index (κ2) is 5.52. The number of rotatable bonds is 4. The zero-order valence-electron chi connectivity index (χ0n) is 10.7. The van der Waals surface area contributed by atoms with Gasteiger partial charge in [0.2, 0.25) is 5.82 Å². The number of hydrogen-bond acceptors (Lipinski definition) is 4. The van der Waals surface area contributed by atoms with Gasteiger partial charge in [-0.3, -0.25) is 0 Å². The van der Waals surface area contributed by atoms with Gasteiger partial charge in [0.1, 0.15) is 0 Å². The number of benzene rings is 1. The minimum absolute atomic E-state index is 0.477. The third-order valence-corrected chi connectivity index (χ3v) is 3.90. The maximum atomic E-state index is 5.15. The first-order chi connectivity index (χ1) is 8.61. The standard InChI is InChI=1S/C13H16BrN3O/c1-4-5-15-13-16-12(17-18-13)10-6-8(2)11(14)9(3)7-10/h6-7H,4-5H2,1-3H3,(H,15,16,17). The summed E-state index contributed by atoms with van der Waals surface area (Å²) in [6.45, 7) is 7.03. The summed E-state index contributed by atoms with van der Waals surface area (Å²) in [6, 6.07) is 4.57. The minimum Gasteiger partial charge on any atom is -0.338 e. The van der Waals surface area contributed by atoms with Crippen molar-refractivity contribution in [3.05, 3.63) is 27.7 Å². The third kappa shape index (κ3) is 2.72. The van der Waals surface area contributed by atoms with Gasteiger partial charge in [0.25, 0.3) is 0 Å². The molecule has 0 bridgehead atoms. The van der Waals surface area contributed by atoms with E-state index < -0.39 is 0 Å². The highest BCUT2D eigenvalue weighted by Gasteiger charge is 2.10. The molecule has 0 fully saturated rings. The van der Waals surface area contributed by atoms with E-state index in [1.54, 1.807) is 0 Å². The molecule has 1 aromatic carbocycles. The second-order valence-corrected chi connectivity index (χ2v) is 5.07. The molecule has 0 spiro atoms. The largest absolute Gasteiger partial charge is 0.338 e. The normalized spacial score (nSPS) is 10.7. The van der Waals surface area contributed by atoms with Crippen molar-refractivity contribution in [3.63, 3.8) is 0 Å². The molecule has 0 saturated carbocycles. The van der Waals surface area contributed by atoms with Crippen LogP contribution in [0.1, 0.15) is 24.5 Å². The molecule has 1 aromatic heterocycles. The van der Waals surface area contributed by atoms with Crippen molar-refractivity contribution in [2.24, 2.45) is 0 Å². The van der Waals surface area contributed by atoms with Crippen LogP contribution in [0.2, 0.25) is 0 Å². The number of aryl methyl sites for hydroxylation is 2. The fourth-order valence-electron chi connectivity index (χ4n) is 1.72. The Morgan fingerprint density at radius 1 is 1.28 bits per heavy atom. The average Bonchev–Trinajstić information content (AvgIpc) is 2.81. The van der Waals surface area contributed by atoms with Crippen LogP contribution in [0.25, 0.3) is 11.4 Å². The fourth-order valence-corrected chi connectivity index (χ4v) is 1.95. The predicted molar refractivity (Wildman–Crippen MR) is 75.7 cm³/mol. The van der Waals surface area contributed by atoms with E-state index in [-0.39, 0.29) is 0 Å². The van der Waals surface area contributed by atoms with Crippen LogP contribution in [0.3, 0.4) is 0 Å². The summed E-state index contributed by atoms with van der Waals surface area (Å²) in [4.78, 5) is 4.33. The molecule has 2 rings (SSSR count). The predicted octanol–water partition coefficient (Wildman–Crippen LogP) is 3.94. The maximum Gasteiger partial charge on any atom is 0.321 e. The second-order valence-electron chi connectivity index (χ2n) is 4.27. The lowest BCUT2D eigenvalue weighted by Crippen LogP contribution is -1.99. The van der Waals surface area contributed by atoms with Crippen molar-refractivity contribution in [1.29, 1.82) is 0 Å². The smallest absolute Gasteiger partial charge is 0.321 e. The average molecular weight is 310 g/mol. The van der Waals surface area contributed by atoms with Gasteiger partial charge in [-0.15, -0.1) is 0 Å². The van der Waals surface area contributed by atoms with Gasteiger partial charge in [-0.05, 0) is 43.5 Å². The topological polar surface area (TPSA) is 51.0 Å². The van der Waals surface area contributed by atoms with Crippen LogP contribution >= 0.6 is 15.9 Å². The molecule has 0 atom stereocenters. The molecule has 2 aromatic rings. The van der Waals surface area contributed by atoms with E-state index in [2.05, 4.69) is 52.2 Å². The first-order valence-corrected chi connectivity index (χ1v) is 6.75. The zero-order valence-corrected chi connectivity index (χ0v) is 12.3. The zero-order chi connectivity index (χ0) is 13.1. The highest BCUT2D eigenvalue weighted by molar-refractivity contribution is 9.10. The van der Waals surface area contributed by atoms with E-state index in [0.29, 0.717) is 11.8 Å². The van der Waals surface area contributed by atoms with Gasteiger partial charge < -0.3 is 9.84 Å². The lowest BCUT2D eigenvalue weighted by molar-refractivity contribution is 0.432. The molecule has 0 radical (unpaired) electrons. The third-order valence-electron chi connectivity index (χ3n) is 2.65. The van der Waals surface area contributed by atoms with Gasteiger partial charge in [-0.1, -0.05) is 28.0 Å². The number of nitrogens with one attached hydrogen (secondary N) is 1. The molecule has 0 aliphatic carbocycles. The summed E-state index contributed by atoms with van der Waals surface area (Å²) in [5, 5.41) is 7.06. The van der Waals surface area contributed by atoms with E-state index in [4.69, 9.17) is 4.52 Å². The lowest BCUT2D eigenvalue weighted by Gasteiger charge is -2.04. The van der Waals surface area contributed by atoms with Gasteiger partial charge in [0.05, 0.1) is 0 Å². The Morgan fingerprint density at radius 2 is 1.94 bits per heavy atom. The van der Waals surface area contributed by atoms with E-state index in [0.717, 1.165) is 34.1 Å². The van der Waals surface area contributed by atoms with Gasteiger partial charge in [-0.25, -0.2) is 0 Å². The van der Waals surface area contributed by atoms with Crippen LogP contribution in [0.4, 0.5) is 6.01 Å². The monoisotopic (exact) mass is 309 g/mol. The van der Waals surface area contributed by atoms with Gasteiger partial charge in [0, 0.05) is 16.6 Å². The molecule has 18 heavy (non-hydrogen) atoms. The molecule has 5 heteroatoms. The molecule has 0 aliphatic heterocycles. The fraction of sp³-hybridized carbons (Fsp3) is 0.385. The molecule has 96 valence electrons. The summed E-state index contributed by atoms with van der Waals surface area (Å²) in [7, 11) is 0. The molecular formula is C13H16BrN3O. The summed E-state index contributed by atoms with van der Waals surface area (Å²) >= 11 is 3.55. The van der Waals surface area contributed by atoms with Gasteiger partial charge in [0.15, 0.2) is 0 Å². The number of anilines is 1. The van der Waals surface area contributed by atoms with Crippen molar-refractivity contribution < 1.29 is 4.52 Å². The van der Waals surface area contributed by atoms with Crippen LogP contribution in [0.5, 0.6) is 0 Å². The van der Waals surface area contributed by atoms with Gasteiger partial charge in [-0.2, -0.15) is 4.98 Å². The highest BCUT2D eigenvalue weighted by atomic mass is 79.9. The number of nitrogens with zero attached hydrogens (tertiary/aromatic N) is 2. The van der Waals surface area contributed by atoms with E-state index in [1.807, 2.05) is 12.1 Å². The first-order valence-electron chi connectivity index (χ1n) is 5.96. The lowest BCUT2D eigenvalue weighted by atomic mass is 10.1. The molecule has 0 amide bonds. The van der Waals surface area contributed by atoms with Crippen LogP contribution in [-0.2, 0) is 0 Å². The maximum absolute atomic E-state index is 5.15. The van der Waals surface area contributed by atoms with Crippen molar-refractivity contribution in [3.8, 4) is 11.4 Å². The number of halogens is 1. The van der Waals surface area contributed by atoms with Crippen LogP contribution in [-0.4, -0.2) is 16.7 Å². The van der Waals surface area contributed by atoms with Crippen LogP contribution < -0.4 is 5.32 Å². The Labute approximate surface area is 115 Å². The highest BCUT2D eigenvalue weighted by Crippen LogP contribution is 2.27. The Hall–Kier alpha value is -1.36. The Kier molecular flexibility index (Phi) is 4.01. The molecule has 4 nitrogen and oxygen atoms in total. The molecule has 0 unspecified atom stereocenters. The summed E-state index contributed by atoms with van der Waals surface area (Å²) in [5.74, 6) is 0.618. The number of aromatic nitrogens is 2. The van der Waals surface area contributed by atoms with Crippen molar-refractivity contribution in [2.45, 2.75) is 27.2 Å². The molecule has 0 saturated heterocycles. The van der Waals surface area contributed by atoms with E-state index in [9.17, 15) is 0 Å². The van der Waals surface area contributed by atoms with Crippen molar-refractivity contribution in [2.75, 3.05) is 11.9 Å². The quantitative estimate of drug-likeness (QED) is 0.929. The molecule has 0 aliphatic rings. The van der Waals surface area contributed by atoms with E-state index in [1.165, 1.54) is 0 Å². The van der Waals surface area contributed by atoms with E-state index >= 15 is 0 Å². The van der Waals surface area contributed by atoms with Gasteiger partial charge >= 0.3 is 6.01 Å². The van der Waals surface area contributed by atoms with Crippen molar-refractivity contribution >= 4 is 21.9 Å².